The smallest absolute Gasteiger partial charge is 0.407 e. The number of carbonyl (C=O) groups excluding carboxylic acids is 2. The van der Waals surface area contributed by atoms with Crippen LogP contribution in [0.2, 0.25) is 0 Å². The second-order valence-corrected chi connectivity index (χ2v) is 10.0. The molecule has 0 saturated carbocycles. The van der Waals surface area contributed by atoms with Crippen molar-refractivity contribution in [3.63, 3.8) is 0 Å². The van der Waals surface area contributed by atoms with E-state index in [1.807, 2.05) is 31.7 Å². The largest absolute Gasteiger partial charge is 0.447 e. The molecule has 0 bridgehead atoms. The van der Waals surface area contributed by atoms with Crippen molar-refractivity contribution in [3.8, 4) is 11.1 Å². The van der Waals surface area contributed by atoms with Crippen LogP contribution < -0.4 is 20.9 Å². The molecular weight excluding hydrogens is 452 g/mol. The summed E-state index contributed by atoms with van der Waals surface area (Å²) in [6.07, 6.45) is 2.34. The van der Waals surface area contributed by atoms with Crippen molar-refractivity contribution in [3.05, 3.63) is 53.6 Å². The fourth-order valence-corrected chi connectivity index (χ4v) is 5.15. The molecule has 0 radical (unpaired) electrons. The van der Waals surface area contributed by atoms with Crippen LogP contribution in [0.3, 0.4) is 0 Å². The molecule has 2 aliphatic rings. The number of anilines is 1. The number of alkyl carbamates (subject to hydrolysis) is 1. The van der Waals surface area contributed by atoms with Crippen LogP contribution in [-0.4, -0.2) is 43.3 Å². The second kappa shape index (κ2) is 12.4. The Kier molecular flexibility index (Phi) is 9.51. The number of fused-ring (bicyclic) bond motifs is 1. The highest BCUT2D eigenvalue weighted by atomic mass is 16.6. The summed E-state index contributed by atoms with van der Waals surface area (Å²) in [6.45, 7) is 10.3. The molecule has 196 valence electrons. The van der Waals surface area contributed by atoms with Gasteiger partial charge in [-0.15, -0.1) is 0 Å². The van der Waals surface area contributed by atoms with Crippen molar-refractivity contribution >= 4 is 17.7 Å². The lowest BCUT2D eigenvalue weighted by atomic mass is 9.89. The Balaban J connectivity index is 0.00000361. The van der Waals surface area contributed by atoms with Crippen LogP contribution in [0.25, 0.3) is 11.1 Å². The Labute approximate surface area is 216 Å². The van der Waals surface area contributed by atoms with E-state index in [0.717, 1.165) is 42.0 Å². The number of piperidine rings is 1. The van der Waals surface area contributed by atoms with E-state index >= 15 is 0 Å². The summed E-state index contributed by atoms with van der Waals surface area (Å²) < 4.78 is 5.33. The summed E-state index contributed by atoms with van der Waals surface area (Å²) in [5, 5.41) is 10.1. The van der Waals surface area contributed by atoms with Gasteiger partial charge in [-0.2, -0.15) is 0 Å². The van der Waals surface area contributed by atoms with E-state index in [4.69, 9.17) is 4.74 Å². The number of nitrogens with zero attached hydrogens (tertiary/aromatic N) is 1. The zero-order valence-corrected chi connectivity index (χ0v) is 21.3. The topological polar surface area (TPSA) is 82.7 Å². The number of rotatable bonds is 6. The van der Waals surface area contributed by atoms with Crippen LogP contribution in [0, 0.1) is 0 Å². The van der Waals surface area contributed by atoms with Crippen LogP contribution in [0.15, 0.2) is 42.5 Å². The zero-order valence-electron chi connectivity index (χ0n) is 21.3. The molecule has 0 aromatic heterocycles. The first-order valence-corrected chi connectivity index (χ1v) is 12.8. The third kappa shape index (κ3) is 6.65. The molecule has 0 aliphatic carbocycles. The van der Waals surface area contributed by atoms with Crippen molar-refractivity contribution in [2.24, 2.45) is 0 Å². The molecule has 2 aromatic rings. The average Bonchev–Trinajstić information content (AvgIpc) is 2.83. The fraction of sp³-hybridized carbons (Fsp3) is 0.517. The highest BCUT2D eigenvalue weighted by molar-refractivity contribution is 5.94. The highest BCUT2D eigenvalue weighted by Gasteiger charge is 2.33. The van der Waals surface area contributed by atoms with E-state index in [2.05, 4.69) is 52.3 Å². The van der Waals surface area contributed by atoms with Crippen molar-refractivity contribution in [2.45, 2.75) is 85.2 Å². The van der Waals surface area contributed by atoms with Gasteiger partial charge < -0.3 is 25.6 Å². The molecule has 4 rings (SSSR count). The molecule has 36 heavy (non-hydrogen) atoms. The SMILES string of the molecule is C.CC(=O)N1c2ccc(-c3ccc(CNC4CCNCC4)cc3)cc2[C@H](NC(=O)OC(C)C)C[C@@H]1C. The number of nitrogens with one attached hydrogen (secondary N) is 3. The summed E-state index contributed by atoms with van der Waals surface area (Å²) >= 11 is 0. The van der Waals surface area contributed by atoms with Gasteiger partial charge in [-0.25, -0.2) is 4.79 Å². The van der Waals surface area contributed by atoms with Gasteiger partial charge in [-0.05, 0) is 87.5 Å². The van der Waals surface area contributed by atoms with E-state index in [-0.39, 0.29) is 31.5 Å². The third-order valence-electron chi connectivity index (χ3n) is 6.88. The number of benzene rings is 2. The Bertz CT molecular complexity index is 1030. The van der Waals surface area contributed by atoms with Gasteiger partial charge in [0.2, 0.25) is 5.91 Å². The highest BCUT2D eigenvalue weighted by Crippen LogP contribution is 2.39. The van der Waals surface area contributed by atoms with E-state index in [1.165, 1.54) is 18.4 Å². The Morgan fingerprint density at radius 3 is 2.39 bits per heavy atom. The minimum Gasteiger partial charge on any atom is -0.447 e. The molecule has 2 heterocycles. The van der Waals surface area contributed by atoms with Crippen LogP contribution in [0.4, 0.5) is 10.5 Å². The summed E-state index contributed by atoms with van der Waals surface area (Å²) in [4.78, 5) is 26.6. The lowest BCUT2D eigenvalue weighted by Crippen LogP contribution is -2.45. The van der Waals surface area contributed by atoms with Crippen LogP contribution in [-0.2, 0) is 16.1 Å². The Morgan fingerprint density at radius 1 is 1.08 bits per heavy atom. The van der Waals surface area contributed by atoms with Gasteiger partial charge in [0, 0.05) is 31.2 Å². The van der Waals surface area contributed by atoms with E-state index in [1.54, 1.807) is 6.92 Å². The van der Waals surface area contributed by atoms with Gasteiger partial charge in [0.25, 0.3) is 0 Å². The summed E-state index contributed by atoms with van der Waals surface area (Å²) in [5.74, 6) is 0.000284. The lowest BCUT2D eigenvalue weighted by molar-refractivity contribution is -0.117. The number of ether oxygens (including phenoxy) is 1. The maximum Gasteiger partial charge on any atom is 0.407 e. The first-order valence-electron chi connectivity index (χ1n) is 12.8. The predicted octanol–water partition coefficient (Wildman–Crippen LogP) is 5.15. The van der Waals surface area contributed by atoms with Gasteiger partial charge in [0.15, 0.2) is 0 Å². The molecular formula is C29H42N4O3. The zero-order chi connectivity index (χ0) is 24.9. The van der Waals surface area contributed by atoms with Crippen molar-refractivity contribution in [1.82, 2.24) is 16.0 Å². The Hall–Kier alpha value is -2.90. The molecule has 2 aromatic carbocycles. The van der Waals surface area contributed by atoms with E-state index < -0.39 is 6.09 Å². The minimum atomic E-state index is -0.435. The Morgan fingerprint density at radius 2 is 1.75 bits per heavy atom. The van der Waals surface area contributed by atoms with Gasteiger partial charge in [0.1, 0.15) is 0 Å². The molecule has 0 spiro atoms. The first kappa shape index (κ1) is 27.7. The quantitative estimate of drug-likeness (QED) is 0.517. The molecule has 0 unspecified atom stereocenters. The van der Waals surface area contributed by atoms with Crippen LogP contribution in [0.1, 0.15) is 71.6 Å². The van der Waals surface area contributed by atoms with Crippen LogP contribution in [0.5, 0.6) is 0 Å². The molecule has 2 amide bonds. The molecule has 1 fully saturated rings. The van der Waals surface area contributed by atoms with Crippen LogP contribution >= 0.6 is 0 Å². The molecule has 1 saturated heterocycles. The van der Waals surface area contributed by atoms with Crippen molar-refractivity contribution in [2.75, 3.05) is 18.0 Å². The minimum absolute atomic E-state index is 0. The number of amides is 2. The summed E-state index contributed by atoms with van der Waals surface area (Å²) in [5.41, 5.74) is 5.21. The molecule has 2 atom stereocenters. The first-order chi connectivity index (χ1) is 16.8. The number of carbonyl (C=O) groups is 2. The molecule has 7 nitrogen and oxygen atoms in total. The summed E-state index contributed by atoms with van der Waals surface area (Å²) in [7, 11) is 0. The van der Waals surface area contributed by atoms with Gasteiger partial charge in [0.05, 0.1) is 12.1 Å². The fourth-order valence-electron chi connectivity index (χ4n) is 5.15. The van der Waals surface area contributed by atoms with Gasteiger partial charge >= 0.3 is 6.09 Å². The maximum atomic E-state index is 12.4. The molecule has 7 heteroatoms. The van der Waals surface area contributed by atoms with E-state index in [0.29, 0.717) is 12.5 Å². The van der Waals surface area contributed by atoms with Gasteiger partial charge in [-0.3, -0.25) is 4.79 Å². The van der Waals surface area contributed by atoms with Crippen molar-refractivity contribution in [1.29, 1.82) is 0 Å². The monoisotopic (exact) mass is 494 g/mol. The van der Waals surface area contributed by atoms with E-state index in [9.17, 15) is 9.59 Å². The standard InChI is InChI=1S/C28H38N4O3.CH4/c1-18(2)35-28(34)31-26-15-19(3)32(20(4)33)27-10-9-23(16-25(26)27)22-7-5-21(6-8-22)17-30-24-11-13-29-14-12-24;/h5-10,16,18-19,24,26,29-30H,11-15,17H2,1-4H3,(H,31,34);1H4/t19-,26+;/m0./s1. The summed E-state index contributed by atoms with van der Waals surface area (Å²) in [6, 6.07) is 15.1. The third-order valence-corrected chi connectivity index (χ3v) is 6.88. The maximum absolute atomic E-state index is 12.4. The second-order valence-electron chi connectivity index (χ2n) is 10.0. The van der Waals surface area contributed by atoms with Crippen molar-refractivity contribution < 1.29 is 14.3 Å². The molecule has 2 aliphatic heterocycles. The van der Waals surface area contributed by atoms with Gasteiger partial charge in [-0.1, -0.05) is 37.8 Å². The average molecular weight is 495 g/mol. The lowest BCUT2D eigenvalue weighted by Gasteiger charge is -2.39. The number of hydrogen-bond donors (Lipinski definition) is 3. The number of hydrogen-bond acceptors (Lipinski definition) is 5. The normalized spacial score (nSPS) is 19.9. The molecule has 3 N–H and O–H groups in total. The predicted molar refractivity (Wildman–Crippen MR) is 146 cm³/mol.